The maximum atomic E-state index is 10.1. The van der Waals surface area contributed by atoms with Gasteiger partial charge in [0.15, 0.2) is 0 Å². The fourth-order valence-electron chi connectivity index (χ4n) is 0.362. The number of urea groups is 2. The number of hydrogen-bond donors (Lipinski definition) is 5. The molecule has 0 bridgehead atoms. The van der Waals surface area contributed by atoms with E-state index in [-0.39, 0.29) is 13.3 Å². The van der Waals surface area contributed by atoms with Crippen LogP contribution in [0.4, 0.5) is 9.59 Å². The SMILES string of the molecule is NC(=O)NCNCNC(N)=O. The van der Waals surface area contributed by atoms with Crippen LogP contribution >= 0.6 is 0 Å². The van der Waals surface area contributed by atoms with Crippen LogP contribution in [0.3, 0.4) is 0 Å². The smallest absolute Gasteiger partial charge is 0.313 e. The zero-order valence-electron chi connectivity index (χ0n) is 5.89. The van der Waals surface area contributed by atoms with E-state index in [2.05, 4.69) is 16.0 Å². The summed E-state index contributed by atoms with van der Waals surface area (Å²) in [5.74, 6) is 0. The third-order valence-electron chi connectivity index (χ3n) is 0.775. The molecule has 0 aromatic heterocycles. The molecule has 64 valence electrons. The summed E-state index contributed by atoms with van der Waals surface area (Å²) in [6.07, 6.45) is 0. The molecule has 0 aromatic carbocycles. The molecular formula is C4H11N5O2. The standard InChI is InChI=1S/C4H11N5O2/c5-3(10)8-1-7-2-9-4(6)11/h7H,1-2H2,(H3,5,8,10)(H3,6,9,11). The van der Waals surface area contributed by atoms with E-state index < -0.39 is 12.1 Å². The van der Waals surface area contributed by atoms with Gasteiger partial charge in [-0.3, -0.25) is 5.32 Å². The highest BCUT2D eigenvalue weighted by Crippen LogP contribution is 1.54. The van der Waals surface area contributed by atoms with Gasteiger partial charge in [-0.2, -0.15) is 0 Å². The molecule has 0 aliphatic carbocycles. The Morgan fingerprint density at radius 1 is 1.00 bits per heavy atom. The minimum Gasteiger partial charge on any atom is -0.352 e. The first-order valence-corrected chi connectivity index (χ1v) is 2.90. The van der Waals surface area contributed by atoms with Gasteiger partial charge in [0.05, 0.1) is 13.3 Å². The fraction of sp³-hybridized carbons (Fsp3) is 0.500. The first-order chi connectivity index (χ1) is 5.13. The lowest BCUT2D eigenvalue weighted by atomic mass is 10.8. The van der Waals surface area contributed by atoms with Gasteiger partial charge >= 0.3 is 12.1 Å². The number of primary amides is 2. The second kappa shape index (κ2) is 5.30. The quantitative estimate of drug-likeness (QED) is 0.238. The van der Waals surface area contributed by atoms with Crippen LogP contribution in [0.5, 0.6) is 0 Å². The summed E-state index contributed by atoms with van der Waals surface area (Å²) in [5.41, 5.74) is 9.46. The van der Waals surface area contributed by atoms with Crippen LogP contribution in [0, 0.1) is 0 Å². The molecule has 0 saturated heterocycles. The number of rotatable bonds is 4. The third kappa shape index (κ3) is 8.50. The van der Waals surface area contributed by atoms with E-state index in [4.69, 9.17) is 11.5 Å². The van der Waals surface area contributed by atoms with Gasteiger partial charge in [0.2, 0.25) is 0 Å². The predicted octanol–water partition coefficient (Wildman–Crippen LogP) is -2.17. The predicted molar refractivity (Wildman–Crippen MR) is 38.3 cm³/mol. The highest BCUT2D eigenvalue weighted by Gasteiger charge is 1.90. The molecular weight excluding hydrogens is 150 g/mol. The summed E-state index contributed by atoms with van der Waals surface area (Å²) in [6, 6.07) is -1.26. The van der Waals surface area contributed by atoms with Gasteiger partial charge in [-0.15, -0.1) is 0 Å². The highest BCUT2D eigenvalue weighted by molar-refractivity contribution is 5.72. The molecule has 0 heterocycles. The summed E-state index contributed by atoms with van der Waals surface area (Å²) in [5, 5.41) is 7.13. The fourth-order valence-corrected chi connectivity index (χ4v) is 0.362. The first kappa shape index (κ1) is 9.50. The zero-order chi connectivity index (χ0) is 8.69. The lowest BCUT2D eigenvalue weighted by molar-refractivity contribution is 0.246. The van der Waals surface area contributed by atoms with E-state index in [1.807, 2.05) is 0 Å². The summed E-state index contributed by atoms with van der Waals surface area (Å²) in [6.45, 7) is 0.380. The highest BCUT2D eigenvalue weighted by atomic mass is 16.2. The summed E-state index contributed by atoms with van der Waals surface area (Å²) in [4.78, 5) is 20.1. The van der Waals surface area contributed by atoms with Gasteiger partial charge in [0, 0.05) is 0 Å². The molecule has 11 heavy (non-hydrogen) atoms. The largest absolute Gasteiger partial charge is 0.352 e. The second-order valence-electron chi connectivity index (χ2n) is 1.69. The molecule has 7 nitrogen and oxygen atoms in total. The minimum atomic E-state index is -0.628. The number of carbonyl (C=O) groups is 2. The average molecular weight is 161 g/mol. The van der Waals surface area contributed by atoms with Crippen molar-refractivity contribution in [3.8, 4) is 0 Å². The topological polar surface area (TPSA) is 122 Å². The van der Waals surface area contributed by atoms with Gasteiger partial charge in [-0.05, 0) is 0 Å². The Morgan fingerprint density at radius 3 is 1.64 bits per heavy atom. The summed E-state index contributed by atoms with van der Waals surface area (Å²) < 4.78 is 0. The van der Waals surface area contributed by atoms with E-state index in [9.17, 15) is 9.59 Å². The molecule has 0 aromatic rings. The number of hydrogen-bond acceptors (Lipinski definition) is 3. The molecule has 7 N–H and O–H groups in total. The normalized spacial score (nSPS) is 8.73. The summed E-state index contributed by atoms with van der Waals surface area (Å²) in [7, 11) is 0. The Kier molecular flexibility index (Phi) is 4.58. The van der Waals surface area contributed by atoms with Crippen LogP contribution in [0.15, 0.2) is 0 Å². The maximum absolute atomic E-state index is 10.1. The van der Waals surface area contributed by atoms with Crippen LogP contribution in [0.25, 0.3) is 0 Å². The molecule has 7 heteroatoms. The van der Waals surface area contributed by atoms with Crippen molar-refractivity contribution in [1.82, 2.24) is 16.0 Å². The monoisotopic (exact) mass is 161 g/mol. The van der Waals surface area contributed by atoms with E-state index in [0.29, 0.717) is 0 Å². The van der Waals surface area contributed by atoms with E-state index >= 15 is 0 Å². The van der Waals surface area contributed by atoms with Crippen LogP contribution in [-0.4, -0.2) is 25.4 Å². The molecule has 0 spiro atoms. The third-order valence-corrected chi connectivity index (χ3v) is 0.775. The molecule has 4 amide bonds. The Bertz CT molecular complexity index is 131. The van der Waals surface area contributed by atoms with Crippen LogP contribution in [-0.2, 0) is 0 Å². The van der Waals surface area contributed by atoms with Gasteiger partial charge in [-0.25, -0.2) is 9.59 Å². The van der Waals surface area contributed by atoms with Crippen molar-refractivity contribution in [3.05, 3.63) is 0 Å². The van der Waals surface area contributed by atoms with E-state index in [1.165, 1.54) is 0 Å². The van der Waals surface area contributed by atoms with Crippen molar-refractivity contribution in [2.45, 2.75) is 0 Å². The van der Waals surface area contributed by atoms with Crippen molar-refractivity contribution >= 4 is 12.1 Å². The average Bonchev–Trinajstić information content (AvgIpc) is 1.85. The van der Waals surface area contributed by atoms with Gasteiger partial charge < -0.3 is 22.1 Å². The van der Waals surface area contributed by atoms with Crippen LogP contribution in [0.2, 0.25) is 0 Å². The number of nitrogens with two attached hydrogens (primary N) is 2. The maximum Gasteiger partial charge on any atom is 0.313 e. The molecule has 0 unspecified atom stereocenters. The van der Waals surface area contributed by atoms with Crippen molar-refractivity contribution < 1.29 is 9.59 Å². The van der Waals surface area contributed by atoms with E-state index in [1.54, 1.807) is 0 Å². The molecule has 0 saturated carbocycles. The Hall–Kier alpha value is -1.50. The number of carbonyl (C=O) groups excluding carboxylic acids is 2. The van der Waals surface area contributed by atoms with Crippen LogP contribution < -0.4 is 27.4 Å². The van der Waals surface area contributed by atoms with Gasteiger partial charge in [0.1, 0.15) is 0 Å². The second-order valence-corrected chi connectivity index (χ2v) is 1.69. The molecule has 0 aliphatic heterocycles. The minimum absolute atomic E-state index is 0.190. The van der Waals surface area contributed by atoms with Crippen molar-refractivity contribution in [3.63, 3.8) is 0 Å². The van der Waals surface area contributed by atoms with Gasteiger partial charge in [-0.1, -0.05) is 0 Å². The molecule has 0 rings (SSSR count). The molecule has 0 atom stereocenters. The Morgan fingerprint density at radius 2 is 1.36 bits per heavy atom. The lowest BCUT2D eigenvalue weighted by Crippen LogP contribution is -2.43. The Balaban J connectivity index is 3.03. The zero-order valence-corrected chi connectivity index (χ0v) is 5.89. The van der Waals surface area contributed by atoms with Crippen LogP contribution in [0.1, 0.15) is 0 Å². The van der Waals surface area contributed by atoms with Crippen molar-refractivity contribution in [2.75, 3.05) is 13.3 Å². The lowest BCUT2D eigenvalue weighted by Gasteiger charge is -2.04. The van der Waals surface area contributed by atoms with E-state index in [0.717, 1.165) is 0 Å². The molecule has 0 fully saturated rings. The van der Waals surface area contributed by atoms with Crippen molar-refractivity contribution in [2.24, 2.45) is 11.5 Å². The van der Waals surface area contributed by atoms with Gasteiger partial charge in [0.25, 0.3) is 0 Å². The Labute approximate surface area is 63.5 Å². The number of nitrogens with one attached hydrogen (secondary N) is 3. The molecule has 0 aliphatic rings. The van der Waals surface area contributed by atoms with Crippen molar-refractivity contribution in [1.29, 1.82) is 0 Å². The molecule has 0 radical (unpaired) electrons. The number of amides is 4. The first-order valence-electron chi connectivity index (χ1n) is 2.90. The summed E-state index contributed by atoms with van der Waals surface area (Å²) >= 11 is 0.